The molecule has 6 heteroatoms. The van der Waals surface area contributed by atoms with E-state index >= 15 is 0 Å². The third kappa shape index (κ3) is 3.11. The van der Waals surface area contributed by atoms with Gasteiger partial charge in [-0.15, -0.1) is 0 Å². The monoisotopic (exact) mass is 391 g/mol. The Labute approximate surface area is 130 Å². The number of benzene rings is 1. The first-order valence-corrected chi connectivity index (χ1v) is 7.47. The average Bonchev–Trinajstić information content (AvgIpc) is 2.41. The molecule has 0 bridgehead atoms. The number of piperidine rings is 1. The van der Waals surface area contributed by atoms with Crippen LogP contribution in [0.25, 0.3) is 0 Å². The molecule has 0 radical (unpaired) electrons. The maximum atomic E-state index is 13.3. The van der Waals surface area contributed by atoms with Gasteiger partial charge in [0.25, 0.3) is 5.91 Å². The average molecular weight is 391 g/mol. The lowest BCUT2D eigenvalue weighted by molar-refractivity contribution is -0.143. The first kappa shape index (κ1) is 15.2. The number of carbonyl (C=O) groups is 2. The summed E-state index contributed by atoms with van der Waals surface area (Å²) < 4.78 is 14.0. The first-order valence-electron chi connectivity index (χ1n) is 6.39. The molecule has 1 aliphatic heterocycles. The van der Waals surface area contributed by atoms with Gasteiger partial charge in [0.1, 0.15) is 5.82 Å². The van der Waals surface area contributed by atoms with Crippen LogP contribution in [0, 0.1) is 15.3 Å². The van der Waals surface area contributed by atoms with Crippen LogP contribution in [-0.4, -0.2) is 34.5 Å². The Morgan fingerprint density at radius 2 is 2.10 bits per heavy atom. The van der Waals surface area contributed by atoms with E-state index in [2.05, 4.69) is 0 Å². The zero-order valence-corrected chi connectivity index (χ0v) is 13.1. The molecule has 1 heterocycles. The predicted molar refractivity (Wildman–Crippen MR) is 80.0 cm³/mol. The van der Waals surface area contributed by atoms with Gasteiger partial charge < -0.3 is 10.0 Å². The van der Waals surface area contributed by atoms with E-state index in [4.69, 9.17) is 5.11 Å². The molecule has 2 atom stereocenters. The smallest absolute Gasteiger partial charge is 0.308 e. The zero-order valence-electron chi connectivity index (χ0n) is 11.0. The number of nitrogens with zero attached hydrogens (tertiary/aromatic N) is 1. The van der Waals surface area contributed by atoms with Crippen LogP contribution in [0.15, 0.2) is 18.2 Å². The van der Waals surface area contributed by atoms with E-state index in [1.165, 1.54) is 12.1 Å². The number of hydrogen-bond acceptors (Lipinski definition) is 2. The summed E-state index contributed by atoms with van der Waals surface area (Å²) in [5.74, 6) is -2.19. The van der Waals surface area contributed by atoms with Crippen molar-refractivity contribution in [1.29, 1.82) is 0 Å². The summed E-state index contributed by atoms with van der Waals surface area (Å²) in [7, 11) is 0. The largest absolute Gasteiger partial charge is 0.481 e. The van der Waals surface area contributed by atoms with Crippen LogP contribution in [0.2, 0.25) is 0 Å². The van der Waals surface area contributed by atoms with Crippen molar-refractivity contribution in [2.75, 3.05) is 6.54 Å². The van der Waals surface area contributed by atoms with Crippen LogP contribution in [0.1, 0.15) is 30.1 Å². The van der Waals surface area contributed by atoms with E-state index in [0.29, 0.717) is 22.0 Å². The Balaban J connectivity index is 2.26. The molecule has 4 nitrogen and oxygen atoms in total. The molecule has 0 saturated carbocycles. The molecular formula is C14H15FINO3. The topological polar surface area (TPSA) is 57.6 Å². The maximum Gasteiger partial charge on any atom is 0.308 e. The van der Waals surface area contributed by atoms with Gasteiger partial charge in [0.05, 0.1) is 11.5 Å². The third-order valence-corrected chi connectivity index (χ3v) is 4.59. The van der Waals surface area contributed by atoms with Crippen LogP contribution in [0.5, 0.6) is 0 Å². The van der Waals surface area contributed by atoms with Crippen LogP contribution < -0.4 is 0 Å². The Hall–Kier alpha value is -1.18. The molecule has 2 unspecified atom stereocenters. The van der Waals surface area contributed by atoms with Crippen molar-refractivity contribution in [3.05, 3.63) is 33.1 Å². The Bertz CT molecular complexity index is 549. The number of hydrogen-bond donors (Lipinski definition) is 1. The Morgan fingerprint density at radius 3 is 2.75 bits per heavy atom. The van der Waals surface area contributed by atoms with Gasteiger partial charge in [0.15, 0.2) is 0 Å². The molecule has 1 saturated heterocycles. The van der Waals surface area contributed by atoms with Gasteiger partial charge in [-0.2, -0.15) is 0 Å². The van der Waals surface area contributed by atoms with Gasteiger partial charge in [-0.3, -0.25) is 9.59 Å². The van der Waals surface area contributed by atoms with E-state index < -0.39 is 17.7 Å². The van der Waals surface area contributed by atoms with Crippen molar-refractivity contribution in [1.82, 2.24) is 4.90 Å². The molecule has 2 rings (SSSR count). The molecule has 1 aromatic rings. The van der Waals surface area contributed by atoms with Gasteiger partial charge in [0, 0.05) is 16.2 Å². The fourth-order valence-corrected chi connectivity index (χ4v) is 2.97. The molecule has 1 aliphatic rings. The quantitative estimate of drug-likeness (QED) is 0.789. The van der Waals surface area contributed by atoms with Crippen LogP contribution in [0.4, 0.5) is 4.39 Å². The zero-order chi connectivity index (χ0) is 14.9. The molecule has 0 aromatic heterocycles. The first-order chi connectivity index (χ1) is 9.40. The molecule has 0 aliphatic carbocycles. The molecular weight excluding hydrogens is 376 g/mol. The summed E-state index contributed by atoms with van der Waals surface area (Å²) in [5, 5.41) is 9.09. The lowest BCUT2D eigenvalue weighted by atomic mass is 9.93. The lowest BCUT2D eigenvalue weighted by Crippen LogP contribution is -2.47. The van der Waals surface area contributed by atoms with Crippen LogP contribution >= 0.6 is 22.6 Å². The second kappa shape index (κ2) is 6.07. The third-order valence-electron chi connectivity index (χ3n) is 3.65. The summed E-state index contributed by atoms with van der Waals surface area (Å²) in [6.07, 6.45) is 1.22. The highest BCUT2D eigenvalue weighted by Crippen LogP contribution is 2.25. The number of aliphatic carboxylic acids is 1. The number of amides is 1. The molecule has 1 aromatic carbocycles. The fraction of sp³-hybridized carbons (Fsp3) is 0.429. The van der Waals surface area contributed by atoms with Crippen molar-refractivity contribution < 1.29 is 19.1 Å². The number of rotatable bonds is 2. The second-order valence-electron chi connectivity index (χ2n) is 5.04. The highest BCUT2D eigenvalue weighted by atomic mass is 127. The minimum atomic E-state index is -0.886. The lowest BCUT2D eigenvalue weighted by Gasteiger charge is -2.36. The van der Waals surface area contributed by atoms with E-state index in [9.17, 15) is 14.0 Å². The number of carboxylic acids is 1. The Kier molecular flexibility index (Phi) is 4.62. The van der Waals surface area contributed by atoms with Crippen molar-refractivity contribution in [3.8, 4) is 0 Å². The highest BCUT2D eigenvalue weighted by molar-refractivity contribution is 14.1. The number of halogens is 2. The van der Waals surface area contributed by atoms with E-state index in [1.807, 2.05) is 29.5 Å². The van der Waals surface area contributed by atoms with Gasteiger partial charge in [-0.05, 0) is 60.6 Å². The molecule has 1 fully saturated rings. The van der Waals surface area contributed by atoms with Crippen molar-refractivity contribution >= 4 is 34.5 Å². The number of carboxylic acid groups (broad SMARTS) is 1. The minimum Gasteiger partial charge on any atom is -0.481 e. The van der Waals surface area contributed by atoms with Crippen molar-refractivity contribution in [2.24, 2.45) is 5.92 Å². The minimum absolute atomic E-state index is 0.0304. The summed E-state index contributed by atoms with van der Waals surface area (Å²) in [4.78, 5) is 25.1. The number of carbonyl (C=O) groups excluding carboxylic acids is 1. The van der Waals surface area contributed by atoms with Gasteiger partial charge >= 0.3 is 5.97 Å². The summed E-state index contributed by atoms with van der Waals surface area (Å²) in [6, 6.07) is 4.03. The van der Waals surface area contributed by atoms with Gasteiger partial charge in [0.2, 0.25) is 0 Å². The highest BCUT2D eigenvalue weighted by Gasteiger charge is 2.33. The molecule has 1 N–H and O–H groups in total. The van der Waals surface area contributed by atoms with E-state index in [0.717, 1.165) is 0 Å². The molecule has 0 spiro atoms. The van der Waals surface area contributed by atoms with E-state index in [-0.39, 0.29) is 18.5 Å². The summed E-state index contributed by atoms with van der Waals surface area (Å²) in [6.45, 7) is 2.07. The molecule has 108 valence electrons. The van der Waals surface area contributed by atoms with Crippen molar-refractivity contribution in [3.63, 3.8) is 0 Å². The standard InChI is InChI=1S/C14H15FINO3/c1-8-2-3-9(14(19)20)7-17(8)13(18)11-6-10(15)4-5-12(11)16/h4-6,8-9H,2-3,7H2,1H3,(H,19,20). The molecule has 20 heavy (non-hydrogen) atoms. The van der Waals surface area contributed by atoms with E-state index in [1.54, 1.807) is 11.0 Å². The summed E-state index contributed by atoms with van der Waals surface area (Å²) >= 11 is 1.98. The second-order valence-corrected chi connectivity index (χ2v) is 6.21. The number of likely N-dealkylation sites (tertiary alicyclic amines) is 1. The van der Waals surface area contributed by atoms with Gasteiger partial charge in [-0.25, -0.2) is 4.39 Å². The molecule has 1 amide bonds. The summed E-state index contributed by atoms with van der Waals surface area (Å²) in [5.41, 5.74) is 0.295. The van der Waals surface area contributed by atoms with Crippen molar-refractivity contribution in [2.45, 2.75) is 25.8 Å². The Morgan fingerprint density at radius 1 is 1.40 bits per heavy atom. The van der Waals surface area contributed by atoms with Crippen LogP contribution in [-0.2, 0) is 4.79 Å². The fourth-order valence-electron chi connectivity index (χ4n) is 2.41. The maximum absolute atomic E-state index is 13.3. The predicted octanol–water partition coefficient (Wildman–Crippen LogP) is 2.76. The normalized spacial score (nSPS) is 22.6. The van der Waals surface area contributed by atoms with Crippen LogP contribution in [0.3, 0.4) is 0 Å². The van der Waals surface area contributed by atoms with Gasteiger partial charge in [-0.1, -0.05) is 0 Å². The SMILES string of the molecule is CC1CCC(C(=O)O)CN1C(=O)c1cc(F)ccc1I.